The monoisotopic (exact) mass is 351 g/mol. The number of carboxylic acid groups (broad SMARTS) is 1. The third-order valence-corrected chi connectivity index (χ3v) is 4.11. The number of carboxylic acids is 1. The van der Waals surface area contributed by atoms with Gasteiger partial charge in [0.05, 0.1) is 11.3 Å². The zero-order chi connectivity index (χ0) is 18.9. The summed E-state index contributed by atoms with van der Waals surface area (Å²) in [4.78, 5) is 23.3. The van der Waals surface area contributed by atoms with Gasteiger partial charge in [-0.15, -0.1) is 0 Å². The lowest BCUT2D eigenvalue weighted by atomic mass is 9.97. The Kier molecular flexibility index (Phi) is 7.15. The highest BCUT2D eigenvalue weighted by Gasteiger charge is 2.10. The summed E-state index contributed by atoms with van der Waals surface area (Å²) in [5.41, 5.74) is 4.03. The van der Waals surface area contributed by atoms with Crippen molar-refractivity contribution in [3.8, 4) is 0 Å². The number of amides is 1. The fourth-order valence-corrected chi connectivity index (χ4v) is 2.89. The van der Waals surface area contributed by atoms with Gasteiger partial charge in [0.15, 0.2) is 0 Å². The molecule has 26 heavy (non-hydrogen) atoms. The molecule has 2 aromatic carbocycles. The minimum absolute atomic E-state index is 0.0726. The number of carbonyl (C=O) groups is 2. The average Bonchev–Trinajstić information content (AvgIpc) is 2.62. The molecule has 4 heteroatoms. The molecule has 0 radical (unpaired) electrons. The van der Waals surface area contributed by atoms with Gasteiger partial charge in [-0.2, -0.15) is 0 Å². The summed E-state index contributed by atoms with van der Waals surface area (Å²) in [6, 6.07) is 12.6. The van der Waals surface area contributed by atoms with Gasteiger partial charge in [-0.3, -0.25) is 4.79 Å². The number of hydrogen-bond acceptors (Lipinski definition) is 2. The number of rotatable bonds is 8. The number of aromatic carboxylic acids is 1. The minimum Gasteiger partial charge on any atom is -0.478 e. The van der Waals surface area contributed by atoms with E-state index in [0.29, 0.717) is 5.69 Å². The van der Waals surface area contributed by atoms with E-state index >= 15 is 0 Å². The van der Waals surface area contributed by atoms with E-state index in [1.165, 1.54) is 23.3 Å². The molecule has 136 valence electrons. The second-order valence-electron chi connectivity index (χ2n) is 6.20. The lowest BCUT2D eigenvalue weighted by Gasteiger charge is -2.09. The molecule has 2 aromatic rings. The molecule has 1 amide bonds. The smallest absolute Gasteiger partial charge is 0.337 e. The zero-order valence-corrected chi connectivity index (χ0v) is 15.3. The van der Waals surface area contributed by atoms with Crippen LogP contribution in [0.15, 0.2) is 48.5 Å². The van der Waals surface area contributed by atoms with Crippen molar-refractivity contribution < 1.29 is 14.7 Å². The van der Waals surface area contributed by atoms with E-state index in [4.69, 9.17) is 5.11 Å². The summed E-state index contributed by atoms with van der Waals surface area (Å²) >= 11 is 0. The molecule has 2 rings (SSSR count). The highest BCUT2D eigenvalue weighted by molar-refractivity contribution is 6.06. The topological polar surface area (TPSA) is 66.4 Å². The van der Waals surface area contributed by atoms with E-state index in [1.807, 2.05) is 6.07 Å². The van der Waals surface area contributed by atoms with E-state index < -0.39 is 5.97 Å². The molecule has 4 nitrogen and oxygen atoms in total. The Morgan fingerprint density at radius 1 is 1.00 bits per heavy atom. The maximum absolute atomic E-state index is 12.1. The second-order valence-corrected chi connectivity index (χ2v) is 6.20. The summed E-state index contributed by atoms with van der Waals surface area (Å²) in [6.07, 6.45) is 7.46. The fourth-order valence-electron chi connectivity index (χ4n) is 2.89. The largest absolute Gasteiger partial charge is 0.478 e. The Balaban J connectivity index is 2.13. The Labute approximate surface area is 154 Å². The van der Waals surface area contributed by atoms with Crippen molar-refractivity contribution in [1.29, 1.82) is 0 Å². The van der Waals surface area contributed by atoms with Crippen LogP contribution in [0, 0.1) is 0 Å². The standard InChI is InChI=1S/C22H25NO3/c1-3-7-17-13-11-16(15-18(17)8-4-2)12-14-21(24)23-20-10-6-5-9-19(20)22(25)26/h5-6,9-15H,3-4,7-8H2,1-2H3,(H,23,24)(H,25,26). The summed E-state index contributed by atoms with van der Waals surface area (Å²) in [5, 5.41) is 11.8. The Hall–Kier alpha value is -2.88. The van der Waals surface area contributed by atoms with Gasteiger partial charge in [0.2, 0.25) is 5.91 Å². The molecular formula is C22H25NO3. The van der Waals surface area contributed by atoms with Crippen molar-refractivity contribution in [3.05, 3.63) is 70.8 Å². The van der Waals surface area contributed by atoms with Gasteiger partial charge in [-0.25, -0.2) is 4.79 Å². The van der Waals surface area contributed by atoms with Crippen LogP contribution >= 0.6 is 0 Å². The number of anilines is 1. The predicted molar refractivity (Wildman–Crippen MR) is 105 cm³/mol. The summed E-state index contributed by atoms with van der Waals surface area (Å²) in [6.45, 7) is 4.33. The van der Waals surface area contributed by atoms with E-state index in [-0.39, 0.29) is 11.5 Å². The lowest BCUT2D eigenvalue weighted by Crippen LogP contribution is -2.11. The van der Waals surface area contributed by atoms with Crippen molar-refractivity contribution in [1.82, 2.24) is 0 Å². The van der Waals surface area contributed by atoms with Crippen LogP contribution in [0.5, 0.6) is 0 Å². The quantitative estimate of drug-likeness (QED) is 0.662. The zero-order valence-electron chi connectivity index (χ0n) is 15.3. The number of benzene rings is 2. The molecule has 0 unspecified atom stereocenters. The SMILES string of the molecule is CCCc1ccc(C=CC(=O)Nc2ccccc2C(=O)O)cc1CCC. The minimum atomic E-state index is -1.07. The molecule has 0 saturated carbocycles. The lowest BCUT2D eigenvalue weighted by molar-refractivity contribution is -0.111. The van der Waals surface area contributed by atoms with E-state index in [1.54, 1.807) is 24.3 Å². The Bertz CT molecular complexity index is 809. The third kappa shape index (κ3) is 5.31. The van der Waals surface area contributed by atoms with Gasteiger partial charge in [0.25, 0.3) is 0 Å². The molecular weight excluding hydrogens is 326 g/mol. The highest BCUT2D eigenvalue weighted by atomic mass is 16.4. The van der Waals surface area contributed by atoms with Crippen molar-refractivity contribution in [2.45, 2.75) is 39.5 Å². The first-order valence-corrected chi connectivity index (χ1v) is 8.98. The van der Waals surface area contributed by atoms with Crippen LogP contribution in [0.25, 0.3) is 6.08 Å². The van der Waals surface area contributed by atoms with Crippen LogP contribution in [-0.2, 0) is 17.6 Å². The molecule has 0 spiro atoms. The van der Waals surface area contributed by atoms with Crippen molar-refractivity contribution >= 4 is 23.6 Å². The van der Waals surface area contributed by atoms with Gasteiger partial charge in [-0.1, -0.05) is 57.0 Å². The molecule has 0 saturated heterocycles. The summed E-state index contributed by atoms with van der Waals surface area (Å²) in [5.74, 6) is -1.42. The first-order valence-electron chi connectivity index (χ1n) is 8.98. The van der Waals surface area contributed by atoms with Crippen molar-refractivity contribution in [3.63, 3.8) is 0 Å². The van der Waals surface area contributed by atoms with Crippen LogP contribution in [0.2, 0.25) is 0 Å². The third-order valence-electron chi connectivity index (χ3n) is 4.11. The van der Waals surface area contributed by atoms with Gasteiger partial charge in [0, 0.05) is 6.08 Å². The number of para-hydroxylation sites is 1. The van der Waals surface area contributed by atoms with Crippen LogP contribution in [0.3, 0.4) is 0 Å². The number of hydrogen-bond donors (Lipinski definition) is 2. The van der Waals surface area contributed by atoms with Crippen molar-refractivity contribution in [2.75, 3.05) is 5.32 Å². The molecule has 0 aliphatic carbocycles. The Morgan fingerprint density at radius 2 is 1.69 bits per heavy atom. The van der Waals surface area contributed by atoms with E-state index in [9.17, 15) is 9.59 Å². The number of carbonyl (C=O) groups excluding carboxylic acids is 1. The maximum atomic E-state index is 12.1. The van der Waals surface area contributed by atoms with Crippen LogP contribution in [0.4, 0.5) is 5.69 Å². The van der Waals surface area contributed by atoms with E-state index in [2.05, 4.69) is 31.3 Å². The fraction of sp³-hybridized carbons (Fsp3) is 0.273. The highest BCUT2D eigenvalue weighted by Crippen LogP contribution is 2.18. The molecule has 0 atom stereocenters. The number of nitrogens with one attached hydrogen (secondary N) is 1. The van der Waals surface area contributed by atoms with Crippen LogP contribution in [-0.4, -0.2) is 17.0 Å². The molecule has 0 aliphatic rings. The Morgan fingerprint density at radius 3 is 2.38 bits per heavy atom. The summed E-state index contributed by atoms with van der Waals surface area (Å²) in [7, 11) is 0. The average molecular weight is 351 g/mol. The molecule has 2 N–H and O–H groups in total. The first-order chi connectivity index (χ1) is 12.5. The molecule has 0 heterocycles. The van der Waals surface area contributed by atoms with Gasteiger partial charge in [-0.05, 0) is 47.7 Å². The molecule has 0 aromatic heterocycles. The number of aryl methyl sites for hydroxylation is 2. The van der Waals surface area contributed by atoms with Gasteiger partial charge >= 0.3 is 5.97 Å². The first kappa shape index (κ1) is 19.4. The molecule has 0 bridgehead atoms. The second kappa shape index (κ2) is 9.56. The van der Waals surface area contributed by atoms with Crippen molar-refractivity contribution in [2.24, 2.45) is 0 Å². The normalized spacial score (nSPS) is 10.8. The molecule has 0 fully saturated rings. The maximum Gasteiger partial charge on any atom is 0.337 e. The van der Waals surface area contributed by atoms with E-state index in [0.717, 1.165) is 31.2 Å². The van der Waals surface area contributed by atoms with Crippen LogP contribution in [0.1, 0.15) is 53.7 Å². The van der Waals surface area contributed by atoms with Crippen LogP contribution < -0.4 is 5.32 Å². The summed E-state index contributed by atoms with van der Waals surface area (Å²) < 4.78 is 0. The molecule has 0 aliphatic heterocycles. The van der Waals surface area contributed by atoms with Gasteiger partial charge in [0.1, 0.15) is 0 Å². The predicted octanol–water partition coefficient (Wildman–Crippen LogP) is 4.94. The van der Waals surface area contributed by atoms with Gasteiger partial charge < -0.3 is 10.4 Å².